The van der Waals surface area contributed by atoms with Gasteiger partial charge in [-0.3, -0.25) is 0 Å². The van der Waals surface area contributed by atoms with Gasteiger partial charge in [0.05, 0.1) is 4.90 Å². The quantitative estimate of drug-likeness (QED) is 0.414. The lowest BCUT2D eigenvalue weighted by Gasteiger charge is -2.09. The van der Waals surface area contributed by atoms with Crippen LogP contribution in [0, 0.1) is 0 Å². The van der Waals surface area contributed by atoms with E-state index in [9.17, 15) is 8.42 Å². The Kier molecular flexibility index (Phi) is 5.36. The van der Waals surface area contributed by atoms with Crippen LogP contribution >= 0.6 is 11.3 Å². The Morgan fingerprint density at radius 2 is 1.73 bits per heavy atom. The highest BCUT2D eigenvalue weighted by Gasteiger charge is 2.14. The zero-order valence-corrected chi connectivity index (χ0v) is 17.2. The number of nitrogens with one attached hydrogen (secondary N) is 1. The predicted octanol–water partition coefficient (Wildman–Crippen LogP) is 3.97. The maximum atomic E-state index is 11.4. The number of primary sulfonamides is 1. The van der Waals surface area contributed by atoms with Crippen molar-refractivity contribution >= 4 is 38.0 Å². The summed E-state index contributed by atoms with van der Waals surface area (Å²) in [7, 11) is -3.74. The monoisotopic (exact) mass is 439 g/mol. The van der Waals surface area contributed by atoms with Crippen LogP contribution in [0.25, 0.3) is 11.3 Å². The lowest BCUT2D eigenvalue weighted by Crippen LogP contribution is -2.11. The number of sulfonamides is 1. The van der Waals surface area contributed by atoms with E-state index in [-0.39, 0.29) is 4.90 Å². The second kappa shape index (κ2) is 8.11. The second-order valence-electron chi connectivity index (χ2n) is 6.23. The van der Waals surface area contributed by atoms with Crippen LogP contribution < -0.4 is 20.9 Å². The Bertz CT molecular complexity index is 1270. The Hall–Kier alpha value is -3.47. The molecule has 0 amide bonds. The van der Waals surface area contributed by atoms with Crippen LogP contribution in [0.2, 0.25) is 0 Å². The minimum Gasteiger partial charge on any atom is -0.444 e. The van der Waals surface area contributed by atoms with Crippen molar-refractivity contribution in [2.45, 2.75) is 4.90 Å². The molecule has 2 aromatic heterocycles. The van der Waals surface area contributed by atoms with Crippen molar-refractivity contribution in [3.05, 3.63) is 72.9 Å². The largest absolute Gasteiger partial charge is 0.444 e. The van der Waals surface area contributed by atoms with Crippen LogP contribution in [0.5, 0.6) is 10.8 Å². The number of hydrogen-bond acceptors (Lipinski definition) is 8. The van der Waals surface area contributed by atoms with E-state index in [0.717, 1.165) is 5.56 Å². The van der Waals surface area contributed by atoms with E-state index in [0.29, 0.717) is 33.1 Å². The van der Waals surface area contributed by atoms with E-state index in [1.54, 1.807) is 30.5 Å². The number of nitrogens with zero attached hydrogens (tertiary/aromatic N) is 2. The van der Waals surface area contributed by atoms with Crippen LogP contribution in [0.4, 0.5) is 16.6 Å². The summed E-state index contributed by atoms with van der Waals surface area (Å²) in [5.41, 5.74) is 8.12. The van der Waals surface area contributed by atoms with Gasteiger partial charge in [0.1, 0.15) is 17.3 Å². The highest BCUT2D eigenvalue weighted by Crippen LogP contribution is 2.39. The minimum atomic E-state index is -3.74. The number of anilines is 3. The van der Waals surface area contributed by atoms with Crippen molar-refractivity contribution in [2.75, 3.05) is 11.1 Å². The molecule has 0 atom stereocenters. The van der Waals surface area contributed by atoms with Gasteiger partial charge in [0.15, 0.2) is 5.13 Å². The van der Waals surface area contributed by atoms with Crippen LogP contribution in [0.15, 0.2) is 77.8 Å². The number of benzene rings is 2. The molecule has 0 fully saturated rings. The summed E-state index contributed by atoms with van der Waals surface area (Å²) in [6, 6.07) is 19.1. The molecule has 2 heterocycles. The number of rotatable bonds is 6. The maximum Gasteiger partial charge on any atom is 0.238 e. The fourth-order valence-electron chi connectivity index (χ4n) is 2.70. The molecule has 2 aromatic carbocycles. The Morgan fingerprint density at radius 3 is 2.43 bits per heavy atom. The van der Waals surface area contributed by atoms with E-state index in [1.165, 1.54) is 23.5 Å². The fraction of sp³-hybridized carbons (Fsp3) is 0. The molecule has 30 heavy (non-hydrogen) atoms. The normalized spacial score (nSPS) is 11.2. The molecule has 4 rings (SSSR count). The van der Waals surface area contributed by atoms with Crippen LogP contribution in [-0.2, 0) is 10.0 Å². The zero-order valence-electron chi connectivity index (χ0n) is 15.5. The summed E-state index contributed by atoms with van der Waals surface area (Å²) < 4.78 is 28.8. The maximum absolute atomic E-state index is 11.4. The van der Waals surface area contributed by atoms with Crippen molar-refractivity contribution in [3.8, 4) is 22.1 Å². The first kappa shape index (κ1) is 19.8. The minimum absolute atomic E-state index is 0.0364. The number of thiazole rings is 1. The van der Waals surface area contributed by atoms with Gasteiger partial charge in [-0.1, -0.05) is 41.7 Å². The Balaban J connectivity index is 1.55. The SMILES string of the molecule is Nc1nc(-c2ccccc2)c(Oc2ccnc(Nc3ccc(S(N)(=O)=O)cc3)c2)s1. The number of nitrogen functional groups attached to an aromatic ring is 1. The Morgan fingerprint density at radius 1 is 1.00 bits per heavy atom. The first-order valence-corrected chi connectivity index (χ1v) is 11.1. The summed E-state index contributed by atoms with van der Waals surface area (Å²) >= 11 is 1.25. The third kappa shape index (κ3) is 4.57. The summed E-state index contributed by atoms with van der Waals surface area (Å²) in [5, 5.41) is 9.20. The summed E-state index contributed by atoms with van der Waals surface area (Å²) in [4.78, 5) is 8.67. The molecule has 0 aliphatic rings. The van der Waals surface area contributed by atoms with Gasteiger partial charge >= 0.3 is 0 Å². The lowest BCUT2D eigenvalue weighted by molar-refractivity contribution is 0.496. The Labute approximate surface area is 177 Å². The molecule has 0 aliphatic heterocycles. The third-order valence-electron chi connectivity index (χ3n) is 4.06. The average Bonchev–Trinajstić information content (AvgIpc) is 3.09. The zero-order chi connectivity index (χ0) is 21.1. The first-order chi connectivity index (χ1) is 14.4. The van der Waals surface area contributed by atoms with Gasteiger partial charge < -0.3 is 15.8 Å². The molecule has 0 spiro atoms. The van der Waals surface area contributed by atoms with Crippen molar-refractivity contribution < 1.29 is 13.2 Å². The van der Waals surface area contributed by atoms with Crippen molar-refractivity contribution in [1.29, 1.82) is 0 Å². The van der Waals surface area contributed by atoms with Gasteiger partial charge in [-0.25, -0.2) is 23.5 Å². The summed E-state index contributed by atoms with van der Waals surface area (Å²) in [6.45, 7) is 0. The molecule has 0 bridgehead atoms. The number of pyridine rings is 1. The highest BCUT2D eigenvalue weighted by atomic mass is 32.2. The predicted molar refractivity (Wildman–Crippen MR) is 117 cm³/mol. The standard InChI is InChI=1S/C20H17N5O3S2/c21-20-25-18(13-4-2-1-3-5-13)19(29-20)28-15-10-11-23-17(12-15)24-14-6-8-16(9-7-14)30(22,26)27/h1-12H,(H2,21,25)(H,23,24)(H2,22,26,27). The molecule has 5 N–H and O–H groups in total. The molecule has 0 radical (unpaired) electrons. The smallest absolute Gasteiger partial charge is 0.238 e. The molecule has 152 valence electrons. The molecule has 4 aromatic rings. The molecule has 8 nitrogen and oxygen atoms in total. The van der Waals surface area contributed by atoms with Gasteiger partial charge in [-0.15, -0.1) is 0 Å². The number of hydrogen-bond donors (Lipinski definition) is 3. The third-order valence-corrected chi connectivity index (χ3v) is 5.75. The van der Waals surface area contributed by atoms with Gasteiger partial charge in [-0.05, 0) is 30.3 Å². The van der Waals surface area contributed by atoms with Crippen molar-refractivity contribution in [2.24, 2.45) is 5.14 Å². The highest BCUT2D eigenvalue weighted by molar-refractivity contribution is 7.89. The molecular weight excluding hydrogens is 422 g/mol. The van der Waals surface area contributed by atoms with Crippen molar-refractivity contribution in [1.82, 2.24) is 9.97 Å². The molecule has 10 heteroatoms. The van der Waals surface area contributed by atoms with Gasteiger partial charge in [0, 0.05) is 23.5 Å². The van der Waals surface area contributed by atoms with E-state index in [4.69, 9.17) is 15.6 Å². The molecule has 0 saturated heterocycles. The van der Waals surface area contributed by atoms with E-state index >= 15 is 0 Å². The van der Waals surface area contributed by atoms with Gasteiger partial charge in [0.2, 0.25) is 15.1 Å². The molecule has 0 aliphatic carbocycles. The number of ether oxygens (including phenoxy) is 1. The molecular formula is C20H17N5O3S2. The van der Waals surface area contributed by atoms with Crippen LogP contribution in [-0.4, -0.2) is 18.4 Å². The fourth-order valence-corrected chi connectivity index (χ4v) is 3.94. The average molecular weight is 440 g/mol. The van der Waals surface area contributed by atoms with Crippen molar-refractivity contribution in [3.63, 3.8) is 0 Å². The van der Waals surface area contributed by atoms with E-state index in [1.807, 2.05) is 30.3 Å². The van der Waals surface area contributed by atoms with E-state index < -0.39 is 10.0 Å². The van der Waals surface area contributed by atoms with Crippen LogP contribution in [0.1, 0.15) is 0 Å². The molecule has 0 saturated carbocycles. The van der Waals surface area contributed by atoms with Gasteiger partial charge in [0.25, 0.3) is 0 Å². The second-order valence-corrected chi connectivity index (χ2v) is 8.78. The first-order valence-electron chi connectivity index (χ1n) is 8.74. The lowest BCUT2D eigenvalue weighted by atomic mass is 10.2. The summed E-state index contributed by atoms with van der Waals surface area (Å²) in [6.07, 6.45) is 1.60. The summed E-state index contributed by atoms with van der Waals surface area (Å²) in [5.74, 6) is 1.07. The number of aromatic nitrogens is 2. The topological polar surface area (TPSA) is 133 Å². The van der Waals surface area contributed by atoms with Gasteiger partial charge in [-0.2, -0.15) is 0 Å². The number of nitrogens with two attached hydrogens (primary N) is 2. The molecule has 0 unspecified atom stereocenters. The van der Waals surface area contributed by atoms with Crippen LogP contribution in [0.3, 0.4) is 0 Å². The van der Waals surface area contributed by atoms with E-state index in [2.05, 4.69) is 15.3 Å².